The van der Waals surface area contributed by atoms with Gasteiger partial charge in [-0.25, -0.2) is 0 Å². The van der Waals surface area contributed by atoms with Crippen LogP contribution in [-0.4, -0.2) is 21.5 Å². The molecule has 0 saturated heterocycles. The number of hydrogen-bond donors (Lipinski definition) is 1. The summed E-state index contributed by atoms with van der Waals surface area (Å²) in [6.45, 7) is 4.09. The molecule has 0 aliphatic carbocycles. The summed E-state index contributed by atoms with van der Waals surface area (Å²) in [4.78, 5) is 12.8. The lowest BCUT2D eigenvalue weighted by molar-refractivity contribution is 0.0943. The number of aromatic nitrogens is 2. The molecule has 20 heavy (non-hydrogen) atoms. The van der Waals surface area contributed by atoms with Gasteiger partial charge in [0, 0.05) is 16.6 Å². The third-order valence-electron chi connectivity index (χ3n) is 2.91. The molecule has 0 unspecified atom stereocenters. The molecule has 1 aromatic carbocycles. The van der Waals surface area contributed by atoms with Crippen LogP contribution in [0.3, 0.4) is 0 Å². The molecule has 0 aliphatic rings. The molecule has 0 saturated carbocycles. The number of rotatable bonds is 5. The van der Waals surface area contributed by atoms with E-state index in [1.165, 1.54) is 0 Å². The van der Waals surface area contributed by atoms with Crippen LogP contribution in [0.15, 0.2) is 24.3 Å². The van der Waals surface area contributed by atoms with Gasteiger partial charge in [0.1, 0.15) is 10.6 Å². The van der Waals surface area contributed by atoms with E-state index >= 15 is 0 Å². The fraction of sp³-hybridized carbons (Fsp3) is 0.357. The number of hydrogen-bond acceptors (Lipinski definition) is 4. The van der Waals surface area contributed by atoms with Crippen molar-refractivity contribution in [2.75, 3.05) is 0 Å². The molecular formula is C14H16ClN3OS. The average Bonchev–Trinajstić information content (AvgIpc) is 2.89. The quantitative estimate of drug-likeness (QED) is 0.914. The van der Waals surface area contributed by atoms with Gasteiger partial charge in [-0.15, -0.1) is 5.10 Å². The van der Waals surface area contributed by atoms with Crippen molar-refractivity contribution < 1.29 is 4.79 Å². The normalized spacial score (nSPS) is 12.2. The second-order valence-corrected chi connectivity index (χ2v) is 5.81. The Balaban J connectivity index is 2.20. The maximum absolute atomic E-state index is 12.2. The van der Waals surface area contributed by atoms with Crippen LogP contribution in [0, 0.1) is 0 Å². The Labute approximate surface area is 127 Å². The fourth-order valence-electron chi connectivity index (χ4n) is 1.93. The second-order valence-electron chi connectivity index (χ2n) is 4.62. The summed E-state index contributed by atoms with van der Waals surface area (Å²) < 4.78 is 3.89. The first kappa shape index (κ1) is 14.9. The SMILES string of the molecule is CCC[C@@H](C)NC(=O)c1snnc1-c1ccc(Cl)cc1. The predicted molar refractivity (Wildman–Crippen MR) is 82.2 cm³/mol. The van der Waals surface area contributed by atoms with Gasteiger partial charge in [-0.2, -0.15) is 0 Å². The summed E-state index contributed by atoms with van der Waals surface area (Å²) in [6, 6.07) is 7.37. The molecule has 1 atom stereocenters. The number of halogens is 1. The monoisotopic (exact) mass is 309 g/mol. The number of amides is 1. The zero-order chi connectivity index (χ0) is 14.5. The summed E-state index contributed by atoms with van der Waals surface area (Å²) in [5.41, 5.74) is 1.45. The highest BCUT2D eigenvalue weighted by atomic mass is 35.5. The first-order valence-electron chi connectivity index (χ1n) is 6.51. The Morgan fingerprint density at radius 1 is 1.40 bits per heavy atom. The average molecular weight is 310 g/mol. The number of nitrogens with zero attached hydrogens (tertiary/aromatic N) is 2. The standard InChI is InChI=1S/C14H16ClN3OS/c1-3-4-9(2)16-14(19)13-12(17-18-20-13)10-5-7-11(15)8-6-10/h5-9H,3-4H2,1-2H3,(H,16,19)/t9-/m1/s1. The van der Waals surface area contributed by atoms with Gasteiger partial charge in [-0.05, 0) is 37.0 Å². The highest BCUT2D eigenvalue weighted by Crippen LogP contribution is 2.25. The van der Waals surface area contributed by atoms with Crippen molar-refractivity contribution in [2.24, 2.45) is 0 Å². The second kappa shape index (κ2) is 6.81. The molecule has 4 nitrogen and oxygen atoms in total. The van der Waals surface area contributed by atoms with Gasteiger partial charge >= 0.3 is 0 Å². The van der Waals surface area contributed by atoms with Crippen LogP contribution >= 0.6 is 23.1 Å². The minimum atomic E-state index is -0.120. The van der Waals surface area contributed by atoms with E-state index in [4.69, 9.17) is 11.6 Å². The van der Waals surface area contributed by atoms with Crippen molar-refractivity contribution in [2.45, 2.75) is 32.7 Å². The van der Waals surface area contributed by atoms with Crippen LogP contribution in [0.2, 0.25) is 5.02 Å². The van der Waals surface area contributed by atoms with E-state index in [0.29, 0.717) is 15.6 Å². The highest BCUT2D eigenvalue weighted by Gasteiger charge is 2.18. The third kappa shape index (κ3) is 3.55. The fourth-order valence-corrected chi connectivity index (χ4v) is 2.65. The molecule has 2 aromatic rings. The summed E-state index contributed by atoms with van der Waals surface area (Å²) in [7, 11) is 0. The molecule has 2 rings (SSSR count). The van der Waals surface area contributed by atoms with Gasteiger partial charge in [0.25, 0.3) is 5.91 Å². The van der Waals surface area contributed by atoms with E-state index in [9.17, 15) is 4.79 Å². The Kier molecular flexibility index (Phi) is 5.09. The predicted octanol–water partition coefficient (Wildman–Crippen LogP) is 3.78. The van der Waals surface area contributed by atoms with Crippen LogP contribution in [-0.2, 0) is 0 Å². The van der Waals surface area contributed by atoms with E-state index < -0.39 is 0 Å². The first-order valence-corrected chi connectivity index (χ1v) is 7.66. The number of benzene rings is 1. The summed E-state index contributed by atoms with van der Waals surface area (Å²) in [6.07, 6.45) is 1.99. The van der Waals surface area contributed by atoms with Crippen LogP contribution < -0.4 is 5.32 Å². The van der Waals surface area contributed by atoms with E-state index in [0.717, 1.165) is 29.9 Å². The van der Waals surface area contributed by atoms with Gasteiger partial charge in [-0.1, -0.05) is 41.6 Å². The molecule has 1 amide bonds. The molecule has 0 radical (unpaired) electrons. The Bertz CT molecular complexity index is 582. The molecule has 0 bridgehead atoms. The molecule has 0 aliphatic heterocycles. The van der Waals surface area contributed by atoms with Gasteiger partial charge in [0.05, 0.1) is 0 Å². The summed E-state index contributed by atoms with van der Waals surface area (Å²) in [5, 5.41) is 7.68. The van der Waals surface area contributed by atoms with E-state index in [1.807, 2.05) is 19.1 Å². The van der Waals surface area contributed by atoms with Gasteiger partial charge in [0.15, 0.2) is 0 Å². The van der Waals surface area contributed by atoms with E-state index in [1.54, 1.807) is 12.1 Å². The topological polar surface area (TPSA) is 54.9 Å². The lowest BCUT2D eigenvalue weighted by Crippen LogP contribution is -2.32. The molecule has 0 fully saturated rings. The van der Waals surface area contributed by atoms with Crippen molar-refractivity contribution in [3.8, 4) is 11.3 Å². The Morgan fingerprint density at radius 3 is 2.75 bits per heavy atom. The Hall–Kier alpha value is -1.46. The highest BCUT2D eigenvalue weighted by molar-refractivity contribution is 7.08. The van der Waals surface area contributed by atoms with Gasteiger partial charge in [0.2, 0.25) is 0 Å². The van der Waals surface area contributed by atoms with Crippen molar-refractivity contribution >= 4 is 29.0 Å². The Morgan fingerprint density at radius 2 is 2.10 bits per heavy atom. The number of carbonyl (C=O) groups excluding carboxylic acids is 1. The van der Waals surface area contributed by atoms with Crippen molar-refractivity contribution in [3.63, 3.8) is 0 Å². The van der Waals surface area contributed by atoms with Crippen molar-refractivity contribution in [1.29, 1.82) is 0 Å². The van der Waals surface area contributed by atoms with Crippen LogP contribution in [0.4, 0.5) is 0 Å². The first-order chi connectivity index (χ1) is 9.61. The van der Waals surface area contributed by atoms with Gasteiger partial charge in [-0.3, -0.25) is 4.79 Å². The lowest BCUT2D eigenvalue weighted by Gasteiger charge is -2.11. The largest absolute Gasteiger partial charge is 0.349 e. The molecule has 0 spiro atoms. The maximum atomic E-state index is 12.2. The minimum Gasteiger partial charge on any atom is -0.349 e. The van der Waals surface area contributed by atoms with Crippen LogP contribution in [0.1, 0.15) is 36.4 Å². The van der Waals surface area contributed by atoms with Crippen LogP contribution in [0.5, 0.6) is 0 Å². The zero-order valence-electron chi connectivity index (χ0n) is 11.4. The van der Waals surface area contributed by atoms with Gasteiger partial charge < -0.3 is 5.32 Å². The lowest BCUT2D eigenvalue weighted by atomic mass is 10.1. The molecule has 106 valence electrons. The van der Waals surface area contributed by atoms with Crippen molar-refractivity contribution in [3.05, 3.63) is 34.2 Å². The smallest absolute Gasteiger partial charge is 0.265 e. The third-order valence-corrected chi connectivity index (χ3v) is 3.89. The van der Waals surface area contributed by atoms with Crippen molar-refractivity contribution in [1.82, 2.24) is 14.9 Å². The minimum absolute atomic E-state index is 0.120. The number of nitrogens with one attached hydrogen (secondary N) is 1. The summed E-state index contributed by atoms with van der Waals surface area (Å²) >= 11 is 6.98. The molecule has 1 aromatic heterocycles. The van der Waals surface area contributed by atoms with E-state index in [2.05, 4.69) is 21.8 Å². The molecule has 6 heteroatoms. The molecule has 1 N–H and O–H groups in total. The van der Waals surface area contributed by atoms with E-state index in [-0.39, 0.29) is 11.9 Å². The van der Waals surface area contributed by atoms with Crippen LogP contribution in [0.25, 0.3) is 11.3 Å². The molecular weight excluding hydrogens is 294 g/mol. The zero-order valence-corrected chi connectivity index (χ0v) is 13.0. The summed E-state index contributed by atoms with van der Waals surface area (Å²) in [5.74, 6) is -0.120. The molecule has 1 heterocycles. The number of carbonyl (C=O) groups is 1. The maximum Gasteiger partial charge on any atom is 0.265 e.